The minimum absolute atomic E-state index is 0.0483. The number of carbonyl (C=O) groups is 2. The first-order chi connectivity index (χ1) is 17.4. The second-order valence-corrected chi connectivity index (χ2v) is 10.9. The van der Waals surface area contributed by atoms with Crippen LogP contribution in [-0.4, -0.2) is 46.0 Å². The second-order valence-electron chi connectivity index (χ2n) is 10.9. The number of anilines is 1. The standard InChI is InChI=1S/C28H39N3O5/c1-17-12-13-22-23(30(17)28(34)35-3)14-15-24-25(22)29-26(18(2)36-21-10-5-4-6-11-21)31(24)20-9-7-8-19(16-20)27(32)33/h14-15,17-21H,4-13,16H2,1-3H3,(H,32,33)/t17?,18-,19-,20-/m1/s1. The van der Waals surface area contributed by atoms with Gasteiger partial charge in [-0.2, -0.15) is 0 Å². The maximum absolute atomic E-state index is 12.6. The third kappa shape index (κ3) is 4.60. The third-order valence-corrected chi connectivity index (χ3v) is 8.53. The zero-order valence-electron chi connectivity index (χ0n) is 21.7. The third-order valence-electron chi connectivity index (χ3n) is 8.53. The number of hydrogen-bond donors (Lipinski definition) is 1. The summed E-state index contributed by atoms with van der Waals surface area (Å²) in [5.74, 6) is -0.169. The predicted molar refractivity (Wildman–Crippen MR) is 137 cm³/mol. The van der Waals surface area contributed by atoms with E-state index >= 15 is 0 Å². The molecule has 0 saturated heterocycles. The van der Waals surface area contributed by atoms with Crippen LogP contribution >= 0.6 is 0 Å². The van der Waals surface area contributed by atoms with Crippen molar-refractivity contribution in [2.24, 2.45) is 5.92 Å². The Morgan fingerprint density at radius 3 is 2.58 bits per heavy atom. The highest BCUT2D eigenvalue weighted by atomic mass is 16.5. The lowest BCUT2D eigenvalue weighted by Crippen LogP contribution is -2.42. The fraction of sp³-hybridized carbons (Fsp3) is 0.679. The Morgan fingerprint density at radius 2 is 1.86 bits per heavy atom. The Morgan fingerprint density at radius 1 is 1.08 bits per heavy atom. The van der Waals surface area contributed by atoms with Crippen molar-refractivity contribution in [1.82, 2.24) is 9.55 Å². The molecule has 1 amide bonds. The number of amides is 1. The van der Waals surface area contributed by atoms with Crippen molar-refractivity contribution < 1.29 is 24.2 Å². The number of imidazole rings is 1. The quantitative estimate of drug-likeness (QED) is 0.531. The molecule has 0 spiro atoms. The van der Waals surface area contributed by atoms with Crippen LogP contribution in [0.2, 0.25) is 0 Å². The summed E-state index contributed by atoms with van der Waals surface area (Å²) < 4.78 is 13.9. The molecule has 1 aliphatic heterocycles. The Bertz CT molecular complexity index is 1120. The van der Waals surface area contributed by atoms with Gasteiger partial charge in [-0.25, -0.2) is 9.78 Å². The lowest BCUT2D eigenvalue weighted by Gasteiger charge is -2.34. The number of aliphatic carboxylic acids is 1. The molecular formula is C28H39N3O5. The van der Waals surface area contributed by atoms with Crippen molar-refractivity contribution in [1.29, 1.82) is 0 Å². The van der Waals surface area contributed by atoms with Crippen molar-refractivity contribution in [2.45, 2.75) is 109 Å². The number of fused-ring (bicyclic) bond motifs is 3. The molecule has 196 valence electrons. The molecule has 0 radical (unpaired) electrons. The van der Waals surface area contributed by atoms with Crippen molar-refractivity contribution in [3.05, 3.63) is 23.5 Å². The van der Waals surface area contributed by atoms with Gasteiger partial charge in [0.2, 0.25) is 0 Å². The molecule has 3 aliphatic rings. The van der Waals surface area contributed by atoms with E-state index in [1.807, 2.05) is 13.0 Å². The average Bonchev–Trinajstić information content (AvgIpc) is 3.29. The number of rotatable bonds is 5. The van der Waals surface area contributed by atoms with Crippen molar-refractivity contribution in [3.63, 3.8) is 0 Å². The summed E-state index contributed by atoms with van der Waals surface area (Å²) in [4.78, 5) is 31.4. The molecule has 8 nitrogen and oxygen atoms in total. The van der Waals surface area contributed by atoms with E-state index in [0.29, 0.717) is 6.42 Å². The van der Waals surface area contributed by atoms with Crippen LogP contribution in [0.25, 0.3) is 11.0 Å². The molecular weight excluding hydrogens is 458 g/mol. The molecule has 36 heavy (non-hydrogen) atoms. The smallest absolute Gasteiger partial charge is 0.414 e. The monoisotopic (exact) mass is 497 g/mol. The average molecular weight is 498 g/mol. The maximum atomic E-state index is 12.6. The highest BCUT2D eigenvalue weighted by Crippen LogP contribution is 2.42. The molecule has 2 fully saturated rings. The van der Waals surface area contributed by atoms with Gasteiger partial charge in [0.05, 0.1) is 35.9 Å². The molecule has 1 aromatic heterocycles. The first-order valence-electron chi connectivity index (χ1n) is 13.7. The number of ether oxygens (including phenoxy) is 2. The van der Waals surface area contributed by atoms with E-state index in [0.717, 1.165) is 73.1 Å². The zero-order valence-corrected chi connectivity index (χ0v) is 21.7. The fourth-order valence-corrected chi connectivity index (χ4v) is 6.64. The van der Waals surface area contributed by atoms with Crippen LogP contribution in [0.1, 0.15) is 102 Å². The largest absolute Gasteiger partial charge is 0.481 e. The van der Waals surface area contributed by atoms with Gasteiger partial charge in [-0.3, -0.25) is 9.69 Å². The van der Waals surface area contributed by atoms with E-state index in [1.165, 1.54) is 26.4 Å². The van der Waals surface area contributed by atoms with Gasteiger partial charge in [-0.05, 0) is 70.9 Å². The van der Waals surface area contributed by atoms with E-state index < -0.39 is 5.97 Å². The molecule has 2 aromatic rings. The van der Waals surface area contributed by atoms with Crippen molar-refractivity contribution in [3.8, 4) is 0 Å². The summed E-state index contributed by atoms with van der Waals surface area (Å²) in [7, 11) is 1.42. The first kappa shape index (κ1) is 25.1. The van der Waals surface area contributed by atoms with E-state index in [1.54, 1.807) is 4.90 Å². The van der Waals surface area contributed by atoms with Gasteiger partial charge < -0.3 is 19.1 Å². The number of aryl methyl sites for hydroxylation is 1. The number of benzene rings is 1. The Hall–Kier alpha value is -2.61. The number of carboxylic acid groups (broad SMARTS) is 1. The molecule has 1 unspecified atom stereocenters. The molecule has 0 bridgehead atoms. The summed E-state index contributed by atoms with van der Waals surface area (Å²) in [6, 6.07) is 4.17. The summed E-state index contributed by atoms with van der Waals surface area (Å²) in [5.41, 5.74) is 3.83. The lowest BCUT2D eigenvalue weighted by molar-refractivity contribution is -0.143. The Labute approximate surface area is 213 Å². The van der Waals surface area contributed by atoms with Crippen molar-refractivity contribution >= 4 is 28.8 Å². The van der Waals surface area contributed by atoms with Gasteiger partial charge in [0.1, 0.15) is 11.9 Å². The number of methoxy groups -OCH3 is 1. The minimum Gasteiger partial charge on any atom is -0.481 e. The fourth-order valence-electron chi connectivity index (χ4n) is 6.64. The van der Waals surface area contributed by atoms with Crippen LogP contribution in [0.5, 0.6) is 0 Å². The van der Waals surface area contributed by atoms with Crippen LogP contribution in [-0.2, 0) is 20.7 Å². The molecule has 2 aliphatic carbocycles. The van der Waals surface area contributed by atoms with Gasteiger partial charge in [-0.15, -0.1) is 0 Å². The molecule has 2 heterocycles. The topological polar surface area (TPSA) is 93.9 Å². The molecule has 2 saturated carbocycles. The van der Waals surface area contributed by atoms with Gasteiger partial charge in [0.25, 0.3) is 0 Å². The summed E-state index contributed by atoms with van der Waals surface area (Å²) in [5, 5.41) is 9.75. The first-order valence-corrected chi connectivity index (χ1v) is 13.7. The van der Waals surface area contributed by atoms with Crippen LogP contribution in [0, 0.1) is 5.92 Å². The summed E-state index contributed by atoms with van der Waals surface area (Å²) in [6.45, 7) is 4.13. The number of nitrogens with zero attached hydrogens (tertiary/aromatic N) is 3. The molecule has 5 rings (SSSR count). The number of aromatic nitrogens is 2. The van der Waals surface area contributed by atoms with Gasteiger partial charge in [0, 0.05) is 17.6 Å². The maximum Gasteiger partial charge on any atom is 0.414 e. The van der Waals surface area contributed by atoms with Crippen LogP contribution in [0.15, 0.2) is 12.1 Å². The SMILES string of the molecule is COC(=O)N1c2ccc3c(nc([C@@H](C)OC4CCCCC4)n3[C@@H]3CCC[C@@H](C(=O)O)C3)c2CCC1C. The highest BCUT2D eigenvalue weighted by molar-refractivity contribution is 5.95. The number of hydrogen-bond acceptors (Lipinski definition) is 5. The number of carbonyl (C=O) groups excluding carboxylic acids is 1. The van der Waals surface area contributed by atoms with E-state index in [-0.39, 0.29) is 36.3 Å². The van der Waals surface area contributed by atoms with E-state index in [9.17, 15) is 14.7 Å². The Balaban J connectivity index is 1.60. The molecule has 1 N–H and O–H groups in total. The van der Waals surface area contributed by atoms with Gasteiger partial charge in [-0.1, -0.05) is 25.7 Å². The summed E-state index contributed by atoms with van der Waals surface area (Å²) >= 11 is 0. The van der Waals surface area contributed by atoms with Crippen molar-refractivity contribution in [2.75, 3.05) is 12.0 Å². The molecule has 8 heteroatoms. The van der Waals surface area contributed by atoms with Gasteiger partial charge in [0.15, 0.2) is 0 Å². The minimum atomic E-state index is -0.711. The lowest BCUT2D eigenvalue weighted by atomic mass is 9.85. The second kappa shape index (κ2) is 10.4. The normalized spacial score (nSPS) is 26.0. The number of carboxylic acids is 1. The zero-order chi connectivity index (χ0) is 25.4. The molecule has 1 aromatic carbocycles. The van der Waals surface area contributed by atoms with E-state index in [2.05, 4.69) is 17.6 Å². The highest BCUT2D eigenvalue weighted by Gasteiger charge is 2.35. The van der Waals surface area contributed by atoms with E-state index in [4.69, 9.17) is 14.5 Å². The molecule has 4 atom stereocenters. The Kier molecular flexibility index (Phi) is 7.24. The van der Waals surface area contributed by atoms with Crippen LogP contribution in [0.4, 0.5) is 10.5 Å². The predicted octanol–water partition coefficient (Wildman–Crippen LogP) is 6.17. The summed E-state index contributed by atoms with van der Waals surface area (Å²) in [6.07, 6.45) is 10.3. The van der Waals surface area contributed by atoms with Gasteiger partial charge >= 0.3 is 12.1 Å². The van der Waals surface area contributed by atoms with Crippen LogP contribution < -0.4 is 4.90 Å². The van der Waals surface area contributed by atoms with Crippen LogP contribution in [0.3, 0.4) is 0 Å².